The first-order valence-corrected chi connectivity index (χ1v) is 10.3. The molecule has 1 unspecified atom stereocenters. The lowest BCUT2D eigenvalue weighted by atomic mass is 10.0. The lowest BCUT2D eigenvalue weighted by Crippen LogP contribution is -2.35. The Bertz CT molecular complexity index is 497. The molecule has 4 heteroatoms. The standard InChI is InChI=1S/C22H37NO3/c1-5-22(25-16-17-26-22)14-8-7-9-15-23(6-2)19(3)18-20-10-12-21(24-4)13-11-20/h10-13,19H,5-9,14-18H2,1-4H3. The number of likely N-dealkylation sites (N-methyl/N-ethyl adjacent to an activating group) is 1. The minimum atomic E-state index is -0.286. The first-order chi connectivity index (χ1) is 12.6. The van der Waals surface area contributed by atoms with Gasteiger partial charge in [-0.3, -0.25) is 0 Å². The average Bonchev–Trinajstić information content (AvgIpc) is 3.14. The van der Waals surface area contributed by atoms with Crippen LogP contribution in [-0.2, 0) is 15.9 Å². The van der Waals surface area contributed by atoms with Crippen molar-refractivity contribution in [2.45, 2.75) is 71.1 Å². The molecule has 1 atom stereocenters. The summed E-state index contributed by atoms with van der Waals surface area (Å²) in [6, 6.07) is 9.01. The number of unbranched alkanes of at least 4 members (excludes halogenated alkanes) is 2. The third kappa shape index (κ3) is 6.26. The van der Waals surface area contributed by atoms with Gasteiger partial charge >= 0.3 is 0 Å². The van der Waals surface area contributed by atoms with Crippen molar-refractivity contribution in [2.24, 2.45) is 0 Å². The van der Waals surface area contributed by atoms with E-state index < -0.39 is 0 Å². The quantitative estimate of drug-likeness (QED) is 0.505. The fourth-order valence-electron chi connectivity index (χ4n) is 3.83. The molecular weight excluding hydrogens is 326 g/mol. The fourth-order valence-corrected chi connectivity index (χ4v) is 3.83. The third-order valence-electron chi connectivity index (χ3n) is 5.57. The third-order valence-corrected chi connectivity index (χ3v) is 5.57. The number of nitrogens with zero attached hydrogens (tertiary/aromatic N) is 1. The van der Waals surface area contributed by atoms with Crippen LogP contribution in [0, 0.1) is 0 Å². The molecule has 1 fully saturated rings. The molecule has 0 amide bonds. The van der Waals surface area contributed by atoms with Gasteiger partial charge in [-0.25, -0.2) is 0 Å². The predicted molar refractivity (Wildman–Crippen MR) is 107 cm³/mol. The molecule has 0 radical (unpaired) electrons. The van der Waals surface area contributed by atoms with Crippen molar-refractivity contribution in [3.05, 3.63) is 29.8 Å². The zero-order valence-corrected chi connectivity index (χ0v) is 17.1. The maximum absolute atomic E-state index is 5.82. The molecule has 1 heterocycles. The van der Waals surface area contributed by atoms with Gasteiger partial charge in [-0.1, -0.05) is 32.4 Å². The van der Waals surface area contributed by atoms with Gasteiger partial charge in [0, 0.05) is 12.5 Å². The van der Waals surface area contributed by atoms with Crippen molar-refractivity contribution < 1.29 is 14.2 Å². The summed E-state index contributed by atoms with van der Waals surface area (Å²) in [5.41, 5.74) is 1.37. The van der Waals surface area contributed by atoms with Gasteiger partial charge in [0.25, 0.3) is 0 Å². The Morgan fingerprint density at radius 2 is 1.77 bits per heavy atom. The second-order valence-corrected chi connectivity index (χ2v) is 7.30. The maximum atomic E-state index is 5.82. The molecule has 0 saturated carbocycles. The molecule has 1 aromatic rings. The monoisotopic (exact) mass is 363 g/mol. The molecule has 1 aliphatic rings. The van der Waals surface area contributed by atoms with Crippen LogP contribution in [0.4, 0.5) is 0 Å². The Hall–Kier alpha value is -1.10. The van der Waals surface area contributed by atoms with E-state index >= 15 is 0 Å². The molecule has 0 spiro atoms. The summed E-state index contributed by atoms with van der Waals surface area (Å²) < 4.78 is 16.9. The van der Waals surface area contributed by atoms with Crippen LogP contribution in [0.3, 0.4) is 0 Å². The highest BCUT2D eigenvalue weighted by Crippen LogP contribution is 2.29. The van der Waals surface area contributed by atoms with Crippen LogP contribution >= 0.6 is 0 Å². The van der Waals surface area contributed by atoms with Crippen LogP contribution in [0.5, 0.6) is 5.75 Å². The molecular formula is C22H37NO3. The van der Waals surface area contributed by atoms with E-state index in [0.717, 1.165) is 51.3 Å². The van der Waals surface area contributed by atoms with Crippen LogP contribution in [0.1, 0.15) is 58.4 Å². The highest BCUT2D eigenvalue weighted by Gasteiger charge is 2.33. The molecule has 0 N–H and O–H groups in total. The summed E-state index contributed by atoms with van der Waals surface area (Å²) in [6.45, 7) is 10.5. The Kier molecular flexibility index (Phi) is 8.89. The molecule has 148 valence electrons. The molecule has 1 aliphatic heterocycles. The van der Waals surface area contributed by atoms with Gasteiger partial charge in [0.2, 0.25) is 0 Å². The van der Waals surface area contributed by atoms with Crippen molar-refractivity contribution in [1.82, 2.24) is 4.90 Å². The number of ether oxygens (including phenoxy) is 3. The van der Waals surface area contributed by atoms with E-state index in [1.54, 1.807) is 7.11 Å². The van der Waals surface area contributed by atoms with Crippen molar-refractivity contribution in [3.63, 3.8) is 0 Å². The van der Waals surface area contributed by atoms with E-state index in [4.69, 9.17) is 14.2 Å². The zero-order valence-electron chi connectivity index (χ0n) is 17.1. The van der Waals surface area contributed by atoms with Crippen LogP contribution < -0.4 is 4.74 Å². The molecule has 0 aliphatic carbocycles. The number of rotatable bonds is 12. The Morgan fingerprint density at radius 1 is 1.08 bits per heavy atom. The van der Waals surface area contributed by atoms with Gasteiger partial charge in [-0.05, 0) is 63.4 Å². The number of methoxy groups -OCH3 is 1. The van der Waals surface area contributed by atoms with E-state index in [9.17, 15) is 0 Å². The van der Waals surface area contributed by atoms with E-state index in [-0.39, 0.29) is 5.79 Å². The Balaban J connectivity index is 1.68. The second-order valence-electron chi connectivity index (χ2n) is 7.30. The van der Waals surface area contributed by atoms with Gasteiger partial charge < -0.3 is 19.1 Å². The van der Waals surface area contributed by atoms with Gasteiger partial charge in [0.15, 0.2) is 5.79 Å². The molecule has 4 nitrogen and oxygen atoms in total. The van der Waals surface area contributed by atoms with Crippen molar-refractivity contribution in [3.8, 4) is 5.75 Å². The zero-order chi connectivity index (χ0) is 18.8. The highest BCUT2D eigenvalue weighted by atomic mass is 16.7. The molecule has 0 bridgehead atoms. The van der Waals surface area contributed by atoms with Gasteiger partial charge in [-0.15, -0.1) is 0 Å². The van der Waals surface area contributed by atoms with Crippen molar-refractivity contribution in [1.29, 1.82) is 0 Å². The lowest BCUT2D eigenvalue weighted by molar-refractivity contribution is -0.164. The van der Waals surface area contributed by atoms with Crippen LogP contribution in [0.15, 0.2) is 24.3 Å². The lowest BCUT2D eigenvalue weighted by Gasteiger charge is -2.28. The number of benzene rings is 1. The summed E-state index contributed by atoms with van der Waals surface area (Å²) in [5, 5.41) is 0. The first-order valence-electron chi connectivity index (χ1n) is 10.3. The van der Waals surface area contributed by atoms with Gasteiger partial charge in [-0.2, -0.15) is 0 Å². The fraction of sp³-hybridized carbons (Fsp3) is 0.727. The SMILES string of the molecule is CCN(CCCCCC1(CC)OCCO1)C(C)Cc1ccc(OC)cc1. The minimum absolute atomic E-state index is 0.286. The molecule has 26 heavy (non-hydrogen) atoms. The predicted octanol–water partition coefficient (Wildman–Crippen LogP) is 4.66. The summed E-state index contributed by atoms with van der Waals surface area (Å²) in [7, 11) is 1.71. The highest BCUT2D eigenvalue weighted by molar-refractivity contribution is 5.27. The second kappa shape index (κ2) is 10.9. The van der Waals surface area contributed by atoms with Crippen LogP contribution in [0.25, 0.3) is 0 Å². The number of hydrogen-bond donors (Lipinski definition) is 0. The van der Waals surface area contributed by atoms with Gasteiger partial charge in [0.1, 0.15) is 5.75 Å². The van der Waals surface area contributed by atoms with Crippen molar-refractivity contribution in [2.75, 3.05) is 33.4 Å². The summed E-state index contributed by atoms with van der Waals surface area (Å²) >= 11 is 0. The summed E-state index contributed by atoms with van der Waals surface area (Å²) in [4.78, 5) is 2.59. The summed E-state index contributed by atoms with van der Waals surface area (Å²) in [5.74, 6) is 0.639. The normalized spacial score (nSPS) is 17.6. The minimum Gasteiger partial charge on any atom is -0.497 e. The molecule has 1 aromatic carbocycles. The van der Waals surface area contributed by atoms with Crippen LogP contribution in [0.2, 0.25) is 0 Å². The topological polar surface area (TPSA) is 30.9 Å². The summed E-state index contributed by atoms with van der Waals surface area (Å²) in [6.07, 6.45) is 6.71. The smallest absolute Gasteiger partial charge is 0.168 e. The number of hydrogen-bond acceptors (Lipinski definition) is 4. The van der Waals surface area contributed by atoms with E-state index in [1.165, 1.54) is 24.8 Å². The van der Waals surface area contributed by atoms with E-state index in [1.807, 2.05) is 0 Å². The van der Waals surface area contributed by atoms with E-state index in [2.05, 4.69) is 49.9 Å². The Morgan fingerprint density at radius 3 is 2.35 bits per heavy atom. The van der Waals surface area contributed by atoms with E-state index in [0.29, 0.717) is 6.04 Å². The van der Waals surface area contributed by atoms with Crippen molar-refractivity contribution >= 4 is 0 Å². The van der Waals surface area contributed by atoms with Gasteiger partial charge in [0.05, 0.1) is 20.3 Å². The molecule has 1 saturated heterocycles. The molecule has 0 aromatic heterocycles. The largest absolute Gasteiger partial charge is 0.497 e. The maximum Gasteiger partial charge on any atom is 0.168 e. The average molecular weight is 364 g/mol. The molecule has 2 rings (SSSR count). The first kappa shape index (κ1) is 21.2. The Labute approximate surface area is 159 Å². The van der Waals surface area contributed by atoms with Crippen LogP contribution in [-0.4, -0.2) is 50.1 Å².